The predicted molar refractivity (Wildman–Crippen MR) is 52.0 cm³/mol. The van der Waals surface area contributed by atoms with Crippen LogP contribution in [0.2, 0.25) is 0 Å². The van der Waals surface area contributed by atoms with E-state index in [2.05, 4.69) is 0 Å². The van der Waals surface area contributed by atoms with Crippen LogP contribution in [0.4, 0.5) is 0 Å². The molecule has 2 rings (SSSR count). The summed E-state index contributed by atoms with van der Waals surface area (Å²) in [6.45, 7) is 0.478. The molecule has 76 valence electrons. The van der Waals surface area contributed by atoms with Gasteiger partial charge in [-0.25, -0.2) is 0 Å². The van der Waals surface area contributed by atoms with Crippen LogP contribution in [0.5, 0.6) is 17.2 Å². The van der Waals surface area contributed by atoms with Crippen molar-refractivity contribution in [3.05, 3.63) is 17.7 Å². The van der Waals surface area contributed by atoms with E-state index in [1.54, 1.807) is 14.2 Å². The quantitative estimate of drug-likeness (QED) is 0.767. The molecule has 1 aromatic rings. The summed E-state index contributed by atoms with van der Waals surface area (Å²) >= 11 is 0. The Morgan fingerprint density at radius 2 is 1.93 bits per heavy atom. The van der Waals surface area contributed by atoms with Crippen LogP contribution in [0.15, 0.2) is 12.1 Å². The summed E-state index contributed by atoms with van der Waals surface area (Å²) in [4.78, 5) is 0. The monoisotopic (exact) mass is 195 g/mol. The topological polar surface area (TPSA) is 53.7 Å². The highest BCUT2D eigenvalue weighted by Gasteiger charge is 2.28. The minimum atomic E-state index is -0.130. The molecule has 0 unspecified atom stereocenters. The third kappa shape index (κ3) is 1.19. The Kier molecular flexibility index (Phi) is 2.21. The van der Waals surface area contributed by atoms with Crippen LogP contribution in [0, 0.1) is 0 Å². The molecule has 14 heavy (non-hydrogen) atoms. The molecule has 0 fully saturated rings. The molecule has 1 aromatic carbocycles. The molecule has 0 spiro atoms. The van der Waals surface area contributed by atoms with Crippen molar-refractivity contribution in [2.24, 2.45) is 5.73 Å². The van der Waals surface area contributed by atoms with Crippen molar-refractivity contribution in [2.75, 3.05) is 20.8 Å². The lowest BCUT2D eigenvalue weighted by molar-refractivity contribution is 0.311. The number of hydrogen-bond donors (Lipinski definition) is 1. The molecule has 1 heterocycles. The number of benzene rings is 1. The standard InChI is InChI=1S/C10H13NO3/c1-12-7-3-4-8(13-2)10-9(7)6(11)5-14-10/h3-4,6H,5,11H2,1-2H3/t6-/m1/s1. The summed E-state index contributed by atoms with van der Waals surface area (Å²) in [5.74, 6) is 2.17. The van der Waals surface area contributed by atoms with Gasteiger partial charge in [0.1, 0.15) is 12.4 Å². The lowest BCUT2D eigenvalue weighted by atomic mass is 10.1. The van der Waals surface area contributed by atoms with Crippen LogP contribution < -0.4 is 19.9 Å². The summed E-state index contributed by atoms with van der Waals surface area (Å²) in [5, 5.41) is 0. The van der Waals surface area contributed by atoms with Crippen LogP contribution in [-0.4, -0.2) is 20.8 Å². The molecule has 0 amide bonds. The van der Waals surface area contributed by atoms with E-state index >= 15 is 0 Å². The Labute approximate surface area is 82.6 Å². The summed E-state index contributed by atoms with van der Waals surface area (Å²) in [5.41, 5.74) is 6.78. The van der Waals surface area contributed by atoms with Gasteiger partial charge >= 0.3 is 0 Å². The molecule has 0 bridgehead atoms. The zero-order chi connectivity index (χ0) is 10.1. The molecular formula is C10H13NO3. The Morgan fingerprint density at radius 3 is 2.57 bits per heavy atom. The van der Waals surface area contributed by atoms with Crippen molar-refractivity contribution in [3.63, 3.8) is 0 Å². The molecule has 2 N–H and O–H groups in total. The van der Waals surface area contributed by atoms with Gasteiger partial charge in [-0.3, -0.25) is 0 Å². The third-order valence-corrected chi connectivity index (χ3v) is 2.34. The van der Waals surface area contributed by atoms with Crippen LogP contribution in [0.25, 0.3) is 0 Å². The highest BCUT2D eigenvalue weighted by molar-refractivity contribution is 5.57. The summed E-state index contributed by atoms with van der Waals surface area (Å²) in [6.07, 6.45) is 0. The molecule has 0 aliphatic carbocycles. The first-order chi connectivity index (χ1) is 6.77. The zero-order valence-electron chi connectivity index (χ0n) is 8.24. The average Bonchev–Trinajstić information content (AvgIpc) is 2.60. The third-order valence-electron chi connectivity index (χ3n) is 2.34. The fourth-order valence-electron chi connectivity index (χ4n) is 1.66. The van der Waals surface area contributed by atoms with Crippen LogP contribution in [0.3, 0.4) is 0 Å². The van der Waals surface area contributed by atoms with E-state index in [0.717, 1.165) is 11.3 Å². The van der Waals surface area contributed by atoms with Gasteiger partial charge in [-0.2, -0.15) is 0 Å². The maximum absolute atomic E-state index is 5.89. The Hall–Kier alpha value is -1.42. The van der Waals surface area contributed by atoms with Gasteiger partial charge < -0.3 is 19.9 Å². The van der Waals surface area contributed by atoms with Gasteiger partial charge in [0, 0.05) is 0 Å². The zero-order valence-corrected chi connectivity index (χ0v) is 8.24. The van der Waals surface area contributed by atoms with Crippen molar-refractivity contribution >= 4 is 0 Å². The number of fused-ring (bicyclic) bond motifs is 1. The van der Waals surface area contributed by atoms with Crippen molar-refractivity contribution in [3.8, 4) is 17.2 Å². The smallest absolute Gasteiger partial charge is 0.169 e. The molecule has 4 heteroatoms. The minimum Gasteiger partial charge on any atom is -0.496 e. The van der Waals surface area contributed by atoms with Gasteiger partial charge in [0.05, 0.1) is 25.8 Å². The number of hydrogen-bond acceptors (Lipinski definition) is 4. The van der Waals surface area contributed by atoms with Crippen LogP contribution in [-0.2, 0) is 0 Å². The SMILES string of the molecule is COc1ccc(OC)c2c1OC[C@H]2N. The summed E-state index contributed by atoms with van der Waals surface area (Å²) in [7, 11) is 3.22. The second kappa shape index (κ2) is 3.38. The fraction of sp³-hybridized carbons (Fsp3) is 0.400. The molecule has 1 atom stereocenters. The van der Waals surface area contributed by atoms with Crippen molar-refractivity contribution in [2.45, 2.75) is 6.04 Å². The van der Waals surface area contributed by atoms with Gasteiger partial charge in [-0.05, 0) is 12.1 Å². The Balaban J connectivity index is 2.56. The highest BCUT2D eigenvalue weighted by Crippen LogP contribution is 2.44. The van der Waals surface area contributed by atoms with Crippen molar-refractivity contribution in [1.29, 1.82) is 0 Å². The molecule has 0 saturated carbocycles. The first-order valence-corrected chi connectivity index (χ1v) is 4.41. The maximum Gasteiger partial charge on any atom is 0.169 e. The number of rotatable bonds is 2. The summed E-state index contributed by atoms with van der Waals surface area (Å²) in [6, 6.07) is 3.53. The van der Waals surface area contributed by atoms with E-state index in [9.17, 15) is 0 Å². The van der Waals surface area contributed by atoms with E-state index < -0.39 is 0 Å². The molecule has 0 radical (unpaired) electrons. The summed E-state index contributed by atoms with van der Waals surface area (Å²) < 4.78 is 15.8. The molecule has 1 aliphatic rings. The van der Waals surface area contributed by atoms with Gasteiger partial charge in [-0.1, -0.05) is 0 Å². The lowest BCUT2D eigenvalue weighted by Gasteiger charge is -2.10. The highest BCUT2D eigenvalue weighted by atomic mass is 16.5. The molecular weight excluding hydrogens is 182 g/mol. The van der Waals surface area contributed by atoms with Crippen molar-refractivity contribution in [1.82, 2.24) is 0 Å². The van der Waals surface area contributed by atoms with Crippen LogP contribution >= 0.6 is 0 Å². The second-order valence-electron chi connectivity index (χ2n) is 3.13. The minimum absolute atomic E-state index is 0.130. The van der Waals surface area contributed by atoms with E-state index in [0.29, 0.717) is 18.1 Å². The number of methoxy groups -OCH3 is 2. The predicted octanol–water partition coefficient (Wildman–Crippen LogP) is 1.10. The molecule has 4 nitrogen and oxygen atoms in total. The maximum atomic E-state index is 5.89. The van der Waals surface area contributed by atoms with Gasteiger partial charge in [0.25, 0.3) is 0 Å². The normalized spacial score (nSPS) is 18.6. The molecule has 0 saturated heterocycles. The van der Waals surface area contributed by atoms with E-state index in [4.69, 9.17) is 19.9 Å². The lowest BCUT2D eigenvalue weighted by Crippen LogP contribution is -2.11. The van der Waals surface area contributed by atoms with E-state index in [-0.39, 0.29) is 6.04 Å². The number of ether oxygens (including phenoxy) is 3. The van der Waals surface area contributed by atoms with Gasteiger partial charge in [0.15, 0.2) is 11.5 Å². The van der Waals surface area contributed by atoms with Gasteiger partial charge in [-0.15, -0.1) is 0 Å². The second-order valence-corrected chi connectivity index (χ2v) is 3.13. The number of nitrogens with two attached hydrogens (primary N) is 1. The first kappa shape index (κ1) is 9.15. The fourth-order valence-corrected chi connectivity index (χ4v) is 1.66. The Bertz CT molecular complexity index is 351. The van der Waals surface area contributed by atoms with E-state index in [1.807, 2.05) is 12.1 Å². The molecule has 0 aromatic heterocycles. The Morgan fingerprint density at radius 1 is 1.29 bits per heavy atom. The largest absolute Gasteiger partial charge is 0.496 e. The molecule has 1 aliphatic heterocycles. The average molecular weight is 195 g/mol. The van der Waals surface area contributed by atoms with Crippen molar-refractivity contribution < 1.29 is 14.2 Å². The first-order valence-electron chi connectivity index (χ1n) is 4.41. The van der Waals surface area contributed by atoms with E-state index in [1.165, 1.54) is 0 Å². The van der Waals surface area contributed by atoms with Gasteiger partial charge in [0.2, 0.25) is 0 Å². The van der Waals surface area contributed by atoms with Crippen LogP contribution in [0.1, 0.15) is 11.6 Å².